The largest absolute Gasteiger partial charge is 0.443 e. The molecule has 2 aromatic carbocycles. The highest BCUT2D eigenvalue weighted by Gasteiger charge is 2.20. The molecule has 0 radical (unpaired) electrons. The maximum atomic E-state index is 14.1. The van der Waals surface area contributed by atoms with Gasteiger partial charge in [0.2, 0.25) is 5.06 Å². The van der Waals surface area contributed by atoms with E-state index in [0.717, 1.165) is 17.1 Å². The van der Waals surface area contributed by atoms with Gasteiger partial charge in [-0.05, 0) is 30.7 Å². The van der Waals surface area contributed by atoms with Crippen molar-refractivity contribution in [2.75, 3.05) is 14.1 Å². The van der Waals surface area contributed by atoms with Crippen molar-refractivity contribution in [2.45, 2.75) is 6.92 Å². The van der Waals surface area contributed by atoms with Crippen LogP contribution in [0.4, 0.5) is 10.1 Å². The number of halogens is 2. The van der Waals surface area contributed by atoms with Gasteiger partial charge in [-0.3, -0.25) is 0 Å². The van der Waals surface area contributed by atoms with Gasteiger partial charge in [-0.2, -0.15) is 9.64 Å². The number of nitrogens with zero attached hydrogens (tertiary/aromatic N) is 4. The lowest BCUT2D eigenvalue weighted by Crippen LogP contribution is -2.07. The van der Waals surface area contributed by atoms with Gasteiger partial charge in [0.05, 0.1) is 17.0 Å². The number of aliphatic imine (C=N–C) groups is 1. The summed E-state index contributed by atoms with van der Waals surface area (Å²) in [6.45, 7) is 1.85. The van der Waals surface area contributed by atoms with E-state index in [0.29, 0.717) is 16.5 Å². The summed E-state index contributed by atoms with van der Waals surface area (Å²) in [4.78, 5) is 6.11. The zero-order valence-electron chi connectivity index (χ0n) is 15.4. The molecule has 3 aromatic rings. The van der Waals surface area contributed by atoms with Gasteiger partial charge in [-0.15, -0.1) is 0 Å². The topological polar surface area (TPSA) is 61.5 Å². The van der Waals surface area contributed by atoms with Gasteiger partial charge >= 0.3 is 0 Å². The fraction of sp³-hybridized carbons (Fsp3) is 0.150. The van der Waals surface area contributed by atoms with Crippen LogP contribution < -0.4 is 4.74 Å². The molecule has 8 heteroatoms. The predicted molar refractivity (Wildman–Crippen MR) is 110 cm³/mol. The van der Waals surface area contributed by atoms with E-state index in [1.807, 2.05) is 21.0 Å². The molecule has 0 aliphatic rings. The minimum absolute atomic E-state index is 0.181. The molecule has 0 spiro atoms. The SMILES string of the molecule is Cc1cc(N=CN(C)C)c(Cl)cc1Oc1snc(-c2ccccc2F)c1C#N. The first-order valence-electron chi connectivity index (χ1n) is 8.24. The summed E-state index contributed by atoms with van der Waals surface area (Å²) < 4.78 is 24.2. The molecule has 0 atom stereocenters. The first kappa shape index (κ1) is 19.8. The molecular formula is C20H16ClFN4OS. The Morgan fingerprint density at radius 1 is 1.32 bits per heavy atom. The van der Waals surface area contributed by atoms with Crippen LogP contribution in [0.3, 0.4) is 0 Å². The lowest BCUT2D eigenvalue weighted by atomic mass is 10.1. The second-order valence-corrected chi connectivity index (χ2v) is 7.31. The van der Waals surface area contributed by atoms with E-state index in [1.54, 1.807) is 41.6 Å². The van der Waals surface area contributed by atoms with Gasteiger partial charge in [0.1, 0.15) is 28.9 Å². The minimum Gasteiger partial charge on any atom is -0.443 e. The van der Waals surface area contributed by atoms with E-state index in [1.165, 1.54) is 6.07 Å². The molecule has 0 N–H and O–H groups in total. The average molecular weight is 415 g/mol. The molecule has 0 saturated carbocycles. The molecule has 1 aromatic heterocycles. The normalized spacial score (nSPS) is 10.9. The van der Waals surface area contributed by atoms with Crippen molar-refractivity contribution >= 4 is 35.2 Å². The van der Waals surface area contributed by atoms with Gasteiger partial charge < -0.3 is 9.64 Å². The fourth-order valence-electron chi connectivity index (χ4n) is 2.41. The van der Waals surface area contributed by atoms with Gasteiger partial charge in [0.25, 0.3) is 0 Å². The Balaban J connectivity index is 1.96. The fourth-order valence-corrected chi connectivity index (χ4v) is 3.34. The molecule has 1 heterocycles. The molecule has 5 nitrogen and oxygen atoms in total. The summed E-state index contributed by atoms with van der Waals surface area (Å²) in [5.74, 6) is 0.0345. The van der Waals surface area contributed by atoms with Crippen LogP contribution in [0.1, 0.15) is 11.1 Å². The Morgan fingerprint density at radius 2 is 2.07 bits per heavy atom. The van der Waals surface area contributed by atoms with Crippen molar-refractivity contribution in [1.82, 2.24) is 9.27 Å². The molecule has 0 amide bonds. The van der Waals surface area contributed by atoms with E-state index in [-0.39, 0.29) is 21.9 Å². The van der Waals surface area contributed by atoms with Gasteiger partial charge in [-0.25, -0.2) is 9.38 Å². The molecule has 28 heavy (non-hydrogen) atoms. The van der Waals surface area contributed by atoms with Crippen LogP contribution in [0.15, 0.2) is 41.4 Å². The summed E-state index contributed by atoms with van der Waals surface area (Å²) in [6.07, 6.45) is 1.65. The van der Waals surface area contributed by atoms with Crippen molar-refractivity contribution in [3.63, 3.8) is 0 Å². The van der Waals surface area contributed by atoms with Crippen molar-refractivity contribution < 1.29 is 9.13 Å². The van der Waals surface area contributed by atoms with E-state index in [4.69, 9.17) is 16.3 Å². The molecular weight excluding hydrogens is 399 g/mol. The molecule has 0 bridgehead atoms. The Labute approximate surface area is 171 Å². The highest BCUT2D eigenvalue weighted by atomic mass is 35.5. The van der Waals surface area contributed by atoms with Crippen molar-refractivity contribution in [2.24, 2.45) is 4.99 Å². The van der Waals surface area contributed by atoms with Crippen molar-refractivity contribution in [3.8, 4) is 28.1 Å². The van der Waals surface area contributed by atoms with Crippen LogP contribution in [0.25, 0.3) is 11.3 Å². The third-order valence-electron chi connectivity index (χ3n) is 3.78. The van der Waals surface area contributed by atoms with Crippen molar-refractivity contribution in [1.29, 1.82) is 5.26 Å². The zero-order valence-corrected chi connectivity index (χ0v) is 17.0. The molecule has 0 saturated heterocycles. The number of nitriles is 1. The molecule has 142 valence electrons. The monoisotopic (exact) mass is 414 g/mol. The quantitative estimate of drug-likeness (QED) is 0.391. The van der Waals surface area contributed by atoms with Crippen LogP contribution in [-0.2, 0) is 0 Å². The summed E-state index contributed by atoms with van der Waals surface area (Å²) in [6, 6.07) is 11.7. The number of ether oxygens (including phenoxy) is 1. The second kappa shape index (κ2) is 8.38. The Bertz CT molecular complexity index is 1090. The van der Waals surface area contributed by atoms with E-state index >= 15 is 0 Å². The standard InChI is InChI=1S/C20H16ClFN4OS/c1-12-8-17(24-11-26(2)3)15(21)9-18(12)27-20-14(10-23)19(25-28-20)13-6-4-5-7-16(13)22/h4-9,11H,1-3H3. The highest BCUT2D eigenvalue weighted by Crippen LogP contribution is 2.40. The van der Waals surface area contributed by atoms with Crippen LogP contribution in [0.2, 0.25) is 5.02 Å². The van der Waals surface area contributed by atoms with Gasteiger partial charge in [-0.1, -0.05) is 23.7 Å². The Kier molecular flexibility index (Phi) is 5.93. The molecule has 3 rings (SSSR count). The lowest BCUT2D eigenvalue weighted by Gasteiger charge is -2.10. The molecule has 0 fully saturated rings. The highest BCUT2D eigenvalue weighted by molar-refractivity contribution is 7.08. The smallest absolute Gasteiger partial charge is 0.218 e. The first-order valence-corrected chi connectivity index (χ1v) is 9.39. The number of rotatable bonds is 5. The predicted octanol–water partition coefficient (Wildman–Crippen LogP) is 5.80. The molecule has 0 unspecified atom stereocenters. The zero-order chi connectivity index (χ0) is 20.3. The third-order valence-corrected chi connectivity index (χ3v) is 4.81. The average Bonchev–Trinajstić information content (AvgIpc) is 3.06. The summed E-state index contributed by atoms with van der Waals surface area (Å²) in [7, 11) is 3.73. The maximum absolute atomic E-state index is 14.1. The summed E-state index contributed by atoms with van der Waals surface area (Å²) in [5, 5.41) is 10.3. The number of benzene rings is 2. The van der Waals surface area contributed by atoms with Gasteiger partial charge in [0.15, 0.2) is 0 Å². The van der Waals surface area contributed by atoms with Crippen LogP contribution in [-0.4, -0.2) is 29.7 Å². The first-order chi connectivity index (χ1) is 13.4. The Morgan fingerprint density at radius 3 is 2.75 bits per heavy atom. The minimum atomic E-state index is -0.446. The third kappa shape index (κ3) is 4.14. The maximum Gasteiger partial charge on any atom is 0.218 e. The van der Waals surface area contributed by atoms with E-state index < -0.39 is 5.82 Å². The Hall–Kier alpha value is -2.95. The van der Waals surface area contributed by atoms with Crippen molar-refractivity contribution in [3.05, 3.63) is 58.4 Å². The molecule has 0 aliphatic heterocycles. The second-order valence-electron chi connectivity index (χ2n) is 6.16. The number of aryl methyl sites for hydroxylation is 1. The van der Waals surface area contributed by atoms with E-state index in [9.17, 15) is 9.65 Å². The van der Waals surface area contributed by atoms with E-state index in [2.05, 4.69) is 15.4 Å². The van der Waals surface area contributed by atoms with Gasteiger partial charge in [0, 0.05) is 37.3 Å². The number of hydrogen-bond donors (Lipinski definition) is 0. The number of hydrogen-bond acceptors (Lipinski definition) is 5. The van der Waals surface area contributed by atoms with Crippen LogP contribution >= 0.6 is 23.1 Å². The number of aromatic nitrogens is 1. The summed E-state index contributed by atoms with van der Waals surface area (Å²) in [5.41, 5.74) is 2.10. The lowest BCUT2D eigenvalue weighted by molar-refractivity contribution is 0.491. The molecule has 0 aliphatic carbocycles. The van der Waals surface area contributed by atoms with Crippen LogP contribution in [0, 0.1) is 24.1 Å². The summed E-state index contributed by atoms with van der Waals surface area (Å²) >= 11 is 7.30. The van der Waals surface area contributed by atoms with Crippen LogP contribution in [0.5, 0.6) is 10.8 Å².